The first-order valence-corrected chi connectivity index (χ1v) is 7.02. The minimum absolute atomic E-state index is 0.312. The van der Waals surface area contributed by atoms with Crippen LogP contribution >= 0.6 is 11.8 Å². The maximum atomic E-state index is 11.2. The number of fused-ring (bicyclic) bond motifs is 1. The molecule has 0 fully saturated rings. The quantitative estimate of drug-likeness (QED) is 0.862. The van der Waals surface area contributed by atoms with E-state index in [4.69, 9.17) is 5.26 Å². The molecule has 1 aliphatic rings. The third kappa shape index (κ3) is 2.27. The Hall–Kier alpha value is -2.06. The highest BCUT2D eigenvalue weighted by atomic mass is 32.2. The molecule has 0 spiro atoms. The molecule has 94 valence electrons. The first kappa shape index (κ1) is 12.0. The number of nitriles is 1. The molecule has 0 unspecified atom stereocenters. The molecule has 0 radical (unpaired) electrons. The van der Waals surface area contributed by atoms with Crippen LogP contribution in [-0.2, 0) is 6.42 Å². The lowest BCUT2D eigenvalue weighted by molar-refractivity contribution is 0.889. The van der Waals surface area contributed by atoms with Crippen molar-refractivity contribution in [3.05, 3.63) is 45.7 Å². The summed E-state index contributed by atoms with van der Waals surface area (Å²) in [5.74, 6) is 1.16. The van der Waals surface area contributed by atoms with Crippen molar-refractivity contribution < 1.29 is 0 Å². The predicted molar refractivity (Wildman–Crippen MR) is 74.1 cm³/mol. The zero-order chi connectivity index (χ0) is 13.2. The average Bonchev–Trinajstić information content (AvgIpc) is 2.46. The molecule has 1 N–H and O–H groups in total. The van der Waals surface area contributed by atoms with Gasteiger partial charge in [-0.25, -0.2) is 5.10 Å². The van der Waals surface area contributed by atoms with Crippen molar-refractivity contribution in [2.75, 3.05) is 5.75 Å². The van der Waals surface area contributed by atoms with Crippen LogP contribution in [0.25, 0.3) is 11.3 Å². The normalized spacial score (nSPS) is 13.6. The first-order valence-electron chi connectivity index (χ1n) is 6.04. The lowest BCUT2D eigenvalue weighted by atomic mass is 10.0. The summed E-state index contributed by atoms with van der Waals surface area (Å²) in [7, 11) is 0. The minimum atomic E-state index is -0.353. The van der Waals surface area contributed by atoms with Gasteiger partial charge in [-0.3, -0.25) is 4.79 Å². The van der Waals surface area contributed by atoms with Crippen molar-refractivity contribution in [1.29, 1.82) is 5.26 Å². The number of hydrogen-bond acceptors (Lipinski definition) is 4. The van der Waals surface area contributed by atoms with Gasteiger partial charge in [-0.05, 0) is 36.3 Å². The summed E-state index contributed by atoms with van der Waals surface area (Å²) in [4.78, 5) is 12.5. The van der Waals surface area contributed by atoms with E-state index in [1.165, 1.54) is 22.9 Å². The Bertz CT molecular complexity index is 730. The largest absolute Gasteiger partial charge is 0.268 e. The summed E-state index contributed by atoms with van der Waals surface area (Å²) in [6.07, 6.45) is 2.23. The number of nitrogens with zero attached hydrogens (tertiary/aromatic N) is 2. The topological polar surface area (TPSA) is 69.5 Å². The van der Waals surface area contributed by atoms with E-state index >= 15 is 0 Å². The molecule has 3 rings (SSSR count). The third-order valence-electron chi connectivity index (χ3n) is 3.11. The molecule has 0 saturated heterocycles. The first-order chi connectivity index (χ1) is 9.28. The summed E-state index contributed by atoms with van der Waals surface area (Å²) < 4.78 is 0. The van der Waals surface area contributed by atoms with E-state index in [0.29, 0.717) is 11.3 Å². The number of aromatic amines is 1. The van der Waals surface area contributed by atoms with Crippen LogP contribution in [0.15, 0.2) is 34.0 Å². The third-order valence-corrected chi connectivity index (χ3v) is 4.31. The van der Waals surface area contributed by atoms with Crippen molar-refractivity contribution in [3.8, 4) is 17.3 Å². The number of H-pyrrole nitrogens is 1. The van der Waals surface area contributed by atoms with E-state index in [1.54, 1.807) is 0 Å². The summed E-state index contributed by atoms with van der Waals surface area (Å²) in [6.45, 7) is 0. The van der Waals surface area contributed by atoms with Crippen LogP contribution in [0.1, 0.15) is 17.5 Å². The molecule has 2 aromatic rings. The molecule has 0 aliphatic carbocycles. The smallest absolute Gasteiger partial charge is 0.265 e. The Balaban J connectivity index is 2.12. The van der Waals surface area contributed by atoms with Gasteiger partial charge in [0.2, 0.25) is 0 Å². The average molecular weight is 269 g/mol. The number of rotatable bonds is 1. The van der Waals surface area contributed by atoms with Gasteiger partial charge in [0.1, 0.15) is 11.8 Å². The summed E-state index contributed by atoms with van der Waals surface area (Å²) in [6, 6.07) is 9.42. The molecule has 5 heteroatoms. The SMILES string of the molecule is N#Cc1cc(=O)[nH]nc1-c1ccc2c(c1)CCCS2. The van der Waals surface area contributed by atoms with Gasteiger partial charge in [-0.15, -0.1) is 11.8 Å². The number of benzene rings is 1. The second-order valence-corrected chi connectivity index (χ2v) is 5.52. The maximum Gasteiger partial charge on any atom is 0.265 e. The molecule has 19 heavy (non-hydrogen) atoms. The maximum absolute atomic E-state index is 11.2. The van der Waals surface area contributed by atoms with E-state index in [9.17, 15) is 4.79 Å². The van der Waals surface area contributed by atoms with E-state index < -0.39 is 0 Å². The second-order valence-electron chi connectivity index (χ2n) is 4.38. The van der Waals surface area contributed by atoms with Crippen LogP contribution in [-0.4, -0.2) is 16.0 Å². The molecule has 0 atom stereocenters. The second kappa shape index (κ2) is 4.90. The molecule has 0 amide bonds. The molecule has 1 aromatic carbocycles. The van der Waals surface area contributed by atoms with Crippen LogP contribution in [0.5, 0.6) is 0 Å². The number of thioether (sulfide) groups is 1. The van der Waals surface area contributed by atoms with Gasteiger partial charge in [0.05, 0.1) is 5.56 Å². The van der Waals surface area contributed by atoms with E-state index in [0.717, 1.165) is 17.7 Å². The highest BCUT2D eigenvalue weighted by Crippen LogP contribution is 2.33. The van der Waals surface area contributed by atoms with Crippen molar-refractivity contribution in [2.24, 2.45) is 0 Å². The molecular weight excluding hydrogens is 258 g/mol. The standard InChI is InChI=1S/C14H11N3OS/c15-8-11-7-13(18)16-17-14(11)10-3-4-12-9(6-10)2-1-5-19-12/h3-4,6-7H,1-2,5H2,(H,16,18). The Morgan fingerprint density at radius 2 is 2.26 bits per heavy atom. The number of aromatic nitrogens is 2. The van der Waals surface area contributed by atoms with Gasteiger partial charge in [-0.1, -0.05) is 6.07 Å². The lowest BCUT2D eigenvalue weighted by Gasteiger charge is -2.16. The van der Waals surface area contributed by atoms with Crippen LogP contribution in [0, 0.1) is 11.3 Å². The number of hydrogen-bond donors (Lipinski definition) is 1. The molecule has 0 saturated carbocycles. The van der Waals surface area contributed by atoms with Gasteiger partial charge >= 0.3 is 0 Å². The zero-order valence-electron chi connectivity index (χ0n) is 10.1. The zero-order valence-corrected chi connectivity index (χ0v) is 11.0. The summed E-state index contributed by atoms with van der Waals surface area (Å²) in [5.41, 5.74) is 2.68. The summed E-state index contributed by atoms with van der Waals surface area (Å²) >= 11 is 1.86. The molecule has 1 aliphatic heterocycles. The monoisotopic (exact) mass is 269 g/mol. The Morgan fingerprint density at radius 1 is 1.37 bits per heavy atom. The van der Waals surface area contributed by atoms with Crippen molar-refractivity contribution in [3.63, 3.8) is 0 Å². The molecule has 0 bridgehead atoms. The fourth-order valence-corrected chi connectivity index (χ4v) is 3.24. The fraction of sp³-hybridized carbons (Fsp3) is 0.214. The molecule has 2 heterocycles. The van der Waals surface area contributed by atoms with E-state index in [-0.39, 0.29) is 5.56 Å². The van der Waals surface area contributed by atoms with E-state index in [2.05, 4.69) is 22.3 Å². The van der Waals surface area contributed by atoms with Gasteiger partial charge in [0.25, 0.3) is 5.56 Å². The van der Waals surface area contributed by atoms with Gasteiger partial charge in [0, 0.05) is 16.5 Å². The van der Waals surface area contributed by atoms with Crippen molar-refractivity contribution in [2.45, 2.75) is 17.7 Å². The van der Waals surface area contributed by atoms with Crippen LogP contribution in [0.3, 0.4) is 0 Å². The lowest BCUT2D eigenvalue weighted by Crippen LogP contribution is -2.09. The van der Waals surface area contributed by atoms with E-state index in [1.807, 2.05) is 23.9 Å². The van der Waals surface area contributed by atoms with Crippen molar-refractivity contribution >= 4 is 11.8 Å². The Labute approximate surface area is 114 Å². The van der Waals surface area contributed by atoms with Crippen molar-refractivity contribution in [1.82, 2.24) is 10.2 Å². The van der Waals surface area contributed by atoms with Gasteiger partial charge in [0.15, 0.2) is 0 Å². The van der Waals surface area contributed by atoms with Crippen LogP contribution in [0.2, 0.25) is 0 Å². The Kier molecular flexibility index (Phi) is 3.10. The predicted octanol–water partition coefficient (Wildman–Crippen LogP) is 2.35. The van der Waals surface area contributed by atoms with Gasteiger partial charge < -0.3 is 0 Å². The highest BCUT2D eigenvalue weighted by Gasteiger charge is 2.13. The highest BCUT2D eigenvalue weighted by molar-refractivity contribution is 7.99. The Morgan fingerprint density at radius 3 is 3.11 bits per heavy atom. The summed E-state index contributed by atoms with van der Waals surface area (Å²) in [5, 5.41) is 15.5. The fourth-order valence-electron chi connectivity index (χ4n) is 2.22. The minimum Gasteiger partial charge on any atom is -0.268 e. The number of nitrogens with one attached hydrogen (secondary N) is 1. The molecule has 1 aromatic heterocycles. The van der Waals surface area contributed by atoms with Gasteiger partial charge in [-0.2, -0.15) is 10.4 Å². The number of aryl methyl sites for hydroxylation is 1. The molecule has 4 nitrogen and oxygen atoms in total. The van der Waals surface area contributed by atoms with Crippen LogP contribution < -0.4 is 5.56 Å². The van der Waals surface area contributed by atoms with Crippen LogP contribution in [0.4, 0.5) is 0 Å². The molecular formula is C14H11N3OS.